The highest BCUT2D eigenvalue weighted by atomic mass is 35.5. The fourth-order valence-corrected chi connectivity index (χ4v) is 2.64. The van der Waals surface area contributed by atoms with Gasteiger partial charge in [-0.3, -0.25) is 11.3 Å². The van der Waals surface area contributed by atoms with Crippen molar-refractivity contribution in [3.8, 4) is 0 Å². The van der Waals surface area contributed by atoms with Crippen LogP contribution in [0.2, 0.25) is 5.02 Å². The van der Waals surface area contributed by atoms with Gasteiger partial charge in [0, 0.05) is 11.1 Å². The molecule has 2 unspecified atom stereocenters. The van der Waals surface area contributed by atoms with Crippen LogP contribution in [0.1, 0.15) is 25.8 Å². The third-order valence-electron chi connectivity index (χ3n) is 3.63. The summed E-state index contributed by atoms with van der Waals surface area (Å²) in [4.78, 5) is 0. The van der Waals surface area contributed by atoms with Gasteiger partial charge in [0.05, 0.1) is 0 Å². The maximum Gasteiger partial charge on any atom is 0.0408 e. The second-order valence-corrected chi connectivity index (χ2v) is 5.84. The van der Waals surface area contributed by atoms with Gasteiger partial charge in [0.15, 0.2) is 0 Å². The Morgan fingerprint density at radius 2 is 2.25 bits per heavy atom. The number of nitrogens with one attached hydrogen (secondary N) is 1. The van der Waals surface area contributed by atoms with Crippen LogP contribution < -0.4 is 11.3 Å². The fourth-order valence-electron chi connectivity index (χ4n) is 2.43. The topological polar surface area (TPSA) is 38.0 Å². The monoisotopic (exact) mass is 238 g/mol. The SMILES string of the molecule is CC1(C)CC1C(Cc1cccc(Cl)c1)NN. The number of hydrogen-bond donors (Lipinski definition) is 2. The number of hydrogen-bond acceptors (Lipinski definition) is 2. The molecule has 0 aromatic heterocycles. The smallest absolute Gasteiger partial charge is 0.0408 e. The van der Waals surface area contributed by atoms with Crippen LogP contribution in [0.25, 0.3) is 0 Å². The third-order valence-corrected chi connectivity index (χ3v) is 3.87. The van der Waals surface area contributed by atoms with Gasteiger partial charge in [-0.2, -0.15) is 0 Å². The van der Waals surface area contributed by atoms with E-state index >= 15 is 0 Å². The van der Waals surface area contributed by atoms with Crippen molar-refractivity contribution >= 4 is 11.6 Å². The normalized spacial score (nSPS) is 24.1. The summed E-state index contributed by atoms with van der Waals surface area (Å²) in [5.74, 6) is 6.32. The zero-order valence-corrected chi connectivity index (χ0v) is 10.6. The van der Waals surface area contributed by atoms with Crippen LogP contribution in [-0.2, 0) is 6.42 Å². The van der Waals surface area contributed by atoms with Gasteiger partial charge < -0.3 is 0 Å². The zero-order valence-electron chi connectivity index (χ0n) is 9.83. The summed E-state index contributed by atoms with van der Waals surface area (Å²) in [6.07, 6.45) is 2.20. The summed E-state index contributed by atoms with van der Waals surface area (Å²) >= 11 is 5.97. The molecule has 2 rings (SSSR count). The van der Waals surface area contributed by atoms with Gasteiger partial charge in [-0.15, -0.1) is 0 Å². The molecule has 16 heavy (non-hydrogen) atoms. The van der Waals surface area contributed by atoms with E-state index in [2.05, 4.69) is 25.3 Å². The van der Waals surface area contributed by atoms with Crippen LogP contribution in [0.3, 0.4) is 0 Å². The predicted molar refractivity (Wildman–Crippen MR) is 68.2 cm³/mol. The molecule has 0 spiro atoms. The van der Waals surface area contributed by atoms with Crippen molar-refractivity contribution in [3.05, 3.63) is 34.9 Å². The number of rotatable bonds is 4. The van der Waals surface area contributed by atoms with E-state index in [0.717, 1.165) is 11.4 Å². The Balaban J connectivity index is 2.03. The van der Waals surface area contributed by atoms with Crippen LogP contribution >= 0.6 is 11.6 Å². The molecule has 2 atom stereocenters. The van der Waals surface area contributed by atoms with Gasteiger partial charge >= 0.3 is 0 Å². The second-order valence-electron chi connectivity index (χ2n) is 5.41. The lowest BCUT2D eigenvalue weighted by atomic mass is 9.98. The lowest BCUT2D eigenvalue weighted by Gasteiger charge is -2.17. The van der Waals surface area contributed by atoms with Crippen LogP contribution in [0.5, 0.6) is 0 Å². The third kappa shape index (κ3) is 2.57. The van der Waals surface area contributed by atoms with Crippen molar-refractivity contribution in [2.75, 3.05) is 0 Å². The summed E-state index contributed by atoms with van der Waals surface area (Å²) in [7, 11) is 0. The average molecular weight is 239 g/mol. The van der Waals surface area contributed by atoms with Gasteiger partial charge in [-0.05, 0) is 41.9 Å². The first-order valence-corrected chi connectivity index (χ1v) is 6.11. The standard InChI is InChI=1S/C13H19ClN2/c1-13(2)8-11(13)12(16-15)7-9-4-3-5-10(14)6-9/h3-6,11-12,16H,7-8,15H2,1-2H3. The number of hydrazine groups is 1. The van der Waals surface area contributed by atoms with E-state index in [1.54, 1.807) is 0 Å². The quantitative estimate of drug-likeness (QED) is 0.625. The molecule has 1 aromatic carbocycles. The Hall–Kier alpha value is -0.570. The minimum atomic E-state index is 0.355. The van der Waals surface area contributed by atoms with E-state index < -0.39 is 0 Å². The summed E-state index contributed by atoms with van der Waals surface area (Å²) < 4.78 is 0. The molecule has 1 aliphatic carbocycles. The largest absolute Gasteiger partial charge is 0.271 e. The molecule has 0 amide bonds. The maximum atomic E-state index is 5.97. The molecule has 0 saturated heterocycles. The molecule has 1 saturated carbocycles. The highest BCUT2D eigenvalue weighted by molar-refractivity contribution is 6.30. The minimum absolute atomic E-state index is 0.355. The molecule has 1 fully saturated rings. The van der Waals surface area contributed by atoms with E-state index in [1.807, 2.05) is 18.2 Å². The Labute approximate surface area is 102 Å². The molecule has 2 nitrogen and oxygen atoms in total. The second kappa shape index (κ2) is 4.36. The summed E-state index contributed by atoms with van der Waals surface area (Å²) in [5, 5.41) is 0.795. The molecule has 3 heteroatoms. The Morgan fingerprint density at radius 3 is 2.75 bits per heavy atom. The number of nitrogens with two attached hydrogens (primary N) is 1. The van der Waals surface area contributed by atoms with Crippen LogP contribution in [0.4, 0.5) is 0 Å². The van der Waals surface area contributed by atoms with E-state index in [0.29, 0.717) is 17.4 Å². The van der Waals surface area contributed by atoms with E-state index in [4.69, 9.17) is 17.4 Å². The molecule has 0 heterocycles. The first kappa shape index (κ1) is 11.9. The van der Waals surface area contributed by atoms with Crippen LogP contribution in [0, 0.1) is 11.3 Å². The molecular weight excluding hydrogens is 220 g/mol. The molecule has 0 bridgehead atoms. The Kier molecular flexibility index (Phi) is 3.24. The van der Waals surface area contributed by atoms with Crippen molar-refractivity contribution in [2.24, 2.45) is 17.2 Å². The van der Waals surface area contributed by atoms with Crippen molar-refractivity contribution in [3.63, 3.8) is 0 Å². The molecule has 3 N–H and O–H groups in total. The minimum Gasteiger partial charge on any atom is -0.271 e. The summed E-state index contributed by atoms with van der Waals surface area (Å²) in [6.45, 7) is 4.58. The molecule has 0 radical (unpaired) electrons. The Morgan fingerprint density at radius 1 is 1.56 bits per heavy atom. The van der Waals surface area contributed by atoms with E-state index in [9.17, 15) is 0 Å². The first-order valence-electron chi connectivity index (χ1n) is 5.73. The van der Waals surface area contributed by atoms with Gasteiger partial charge in [0.1, 0.15) is 0 Å². The van der Waals surface area contributed by atoms with Gasteiger partial charge in [0.25, 0.3) is 0 Å². The maximum absolute atomic E-state index is 5.97. The zero-order chi connectivity index (χ0) is 11.8. The van der Waals surface area contributed by atoms with Crippen molar-refractivity contribution in [1.82, 2.24) is 5.43 Å². The lowest BCUT2D eigenvalue weighted by molar-refractivity contribution is 0.409. The van der Waals surface area contributed by atoms with Gasteiger partial charge in [-0.1, -0.05) is 37.6 Å². The molecule has 1 aromatic rings. The highest BCUT2D eigenvalue weighted by Gasteiger charge is 2.49. The predicted octanol–water partition coefficient (Wildman–Crippen LogP) is 2.76. The van der Waals surface area contributed by atoms with Gasteiger partial charge in [-0.25, -0.2) is 0 Å². The average Bonchev–Trinajstić information content (AvgIpc) is 2.84. The van der Waals surface area contributed by atoms with Crippen molar-refractivity contribution < 1.29 is 0 Å². The number of halogens is 1. The Bertz CT molecular complexity index is 376. The highest BCUT2D eigenvalue weighted by Crippen LogP contribution is 2.53. The van der Waals surface area contributed by atoms with Crippen molar-refractivity contribution in [1.29, 1.82) is 0 Å². The summed E-state index contributed by atoms with van der Waals surface area (Å²) in [5.41, 5.74) is 4.63. The van der Waals surface area contributed by atoms with Gasteiger partial charge in [0.2, 0.25) is 0 Å². The van der Waals surface area contributed by atoms with E-state index in [1.165, 1.54) is 12.0 Å². The van der Waals surface area contributed by atoms with Crippen LogP contribution in [0.15, 0.2) is 24.3 Å². The number of benzene rings is 1. The lowest BCUT2D eigenvalue weighted by Crippen LogP contribution is -2.39. The molecule has 1 aliphatic rings. The van der Waals surface area contributed by atoms with Crippen LogP contribution in [-0.4, -0.2) is 6.04 Å². The molecule has 0 aliphatic heterocycles. The first-order chi connectivity index (χ1) is 7.53. The molecular formula is C13H19ClN2. The van der Waals surface area contributed by atoms with E-state index in [-0.39, 0.29) is 0 Å². The fraction of sp³-hybridized carbons (Fsp3) is 0.538. The van der Waals surface area contributed by atoms with Crippen molar-refractivity contribution in [2.45, 2.75) is 32.7 Å². The molecule has 88 valence electrons. The summed E-state index contributed by atoms with van der Waals surface area (Å²) in [6, 6.07) is 8.36.